The number of hydrazine groups is 1. The predicted molar refractivity (Wildman–Crippen MR) is 77.0 cm³/mol. The van der Waals surface area contributed by atoms with Crippen molar-refractivity contribution in [2.24, 2.45) is 11.8 Å². The Balaban J connectivity index is 2.09. The molecule has 1 saturated carbocycles. The van der Waals surface area contributed by atoms with Crippen molar-refractivity contribution in [2.75, 3.05) is 35.3 Å². The van der Waals surface area contributed by atoms with Crippen molar-refractivity contribution >= 4 is 17.8 Å². The molecule has 0 aromatic carbocycles. The third-order valence-corrected chi connectivity index (χ3v) is 3.57. The third kappa shape index (κ3) is 3.44. The second-order valence-corrected chi connectivity index (χ2v) is 4.78. The molecule has 0 radical (unpaired) electrons. The van der Waals surface area contributed by atoms with Crippen molar-refractivity contribution in [2.45, 2.75) is 33.1 Å². The molecule has 7 heteroatoms. The maximum atomic E-state index is 5.41. The van der Waals surface area contributed by atoms with Crippen molar-refractivity contribution in [3.8, 4) is 0 Å². The summed E-state index contributed by atoms with van der Waals surface area (Å²) in [6.07, 6.45) is 3.93. The van der Waals surface area contributed by atoms with E-state index in [-0.39, 0.29) is 0 Å². The molecule has 0 atom stereocenters. The van der Waals surface area contributed by atoms with E-state index in [0.717, 1.165) is 25.6 Å². The zero-order chi connectivity index (χ0) is 13.7. The Kier molecular flexibility index (Phi) is 4.73. The number of nitrogens with zero attached hydrogens (tertiary/aromatic N) is 4. The van der Waals surface area contributed by atoms with Crippen LogP contribution in [0.25, 0.3) is 0 Å². The van der Waals surface area contributed by atoms with Crippen LogP contribution in [0.5, 0.6) is 0 Å². The summed E-state index contributed by atoms with van der Waals surface area (Å²) in [5.74, 6) is 7.81. The second kappa shape index (κ2) is 6.51. The Morgan fingerprint density at radius 1 is 1.16 bits per heavy atom. The first-order valence-electron chi connectivity index (χ1n) is 6.98. The number of aromatic nitrogens is 3. The fraction of sp³-hybridized carbons (Fsp3) is 0.750. The van der Waals surface area contributed by atoms with Crippen LogP contribution in [0.3, 0.4) is 0 Å². The van der Waals surface area contributed by atoms with Gasteiger partial charge in [-0.2, -0.15) is 15.0 Å². The van der Waals surface area contributed by atoms with Crippen LogP contribution >= 0.6 is 0 Å². The molecular formula is C12H23N7. The van der Waals surface area contributed by atoms with Gasteiger partial charge < -0.3 is 10.2 Å². The highest BCUT2D eigenvalue weighted by Gasteiger charge is 2.18. The van der Waals surface area contributed by atoms with Crippen molar-refractivity contribution < 1.29 is 0 Å². The van der Waals surface area contributed by atoms with E-state index in [9.17, 15) is 0 Å². The number of nitrogens with two attached hydrogens (primary N) is 1. The minimum Gasteiger partial charge on any atom is -0.354 e. The van der Waals surface area contributed by atoms with Gasteiger partial charge in [-0.15, -0.1) is 0 Å². The van der Waals surface area contributed by atoms with Crippen molar-refractivity contribution in [1.82, 2.24) is 15.0 Å². The summed E-state index contributed by atoms with van der Waals surface area (Å²) in [5.41, 5.74) is 2.50. The zero-order valence-electron chi connectivity index (χ0n) is 11.7. The summed E-state index contributed by atoms with van der Waals surface area (Å²) < 4.78 is 0. The normalized spacial score (nSPS) is 14.9. The molecule has 2 rings (SSSR count). The van der Waals surface area contributed by atoms with Crippen LogP contribution in [0.2, 0.25) is 0 Å². The molecule has 1 aromatic rings. The number of hydrogen-bond donors (Lipinski definition) is 3. The monoisotopic (exact) mass is 265 g/mol. The molecule has 1 aromatic heterocycles. The lowest BCUT2D eigenvalue weighted by atomic mass is 9.85. The lowest BCUT2D eigenvalue weighted by Gasteiger charge is -2.25. The van der Waals surface area contributed by atoms with Crippen molar-refractivity contribution in [1.29, 1.82) is 0 Å². The topological polar surface area (TPSA) is 92.0 Å². The van der Waals surface area contributed by atoms with E-state index in [2.05, 4.69) is 44.4 Å². The lowest BCUT2D eigenvalue weighted by Crippen LogP contribution is -2.27. The van der Waals surface area contributed by atoms with E-state index in [4.69, 9.17) is 5.84 Å². The molecule has 0 bridgehead atoms. The largest absolute Gasteiger partial charge is 0.354 e. The first kappa shape index (κ1) is 13.8. The fourth-order valence-corrected chi connectivity index (χ4v) is 2.09. The van der Waals surface area contributed by atoms with Gasteiger partial charge >= 0.3 is 0 Å². The third-order valence-electron chi connectivity index (χ3n) is 3.57. The van der Waals surface area contributed by atoms with Gasteiger partial charge in [0.05, 0.1) is 0 Å². The maximum absolute atomic E-state index is 5.41. The van der Waals surface area contributed by atoms with Crippen LogP contribution in [-0.4, -0.2) is 34.6 Å². The number of nitrogen functional groups attached to an aromatic ring is 1. The molecule has 4 N–H and O–H groups in total. The zero-order valence-corrected chi connectivity index (χ0v) is 11.7. The molecule has 106 valence electrons. The van der Waals surface area contributed by atoms with E-state index in [0.29, 0.717) is 17.8 Å². The molecule has 0 spiro atoms. The van der Waals surface area contributed by atoms with E-state index < -0.39 is 0 Å². The highest BCUT2D eigenvalue weighted by atomic mass is 15.4. The summed E-state index contributed by atoms with van der Waals surface area (Å²) in [4.78, 5) is 15.0. The van der Waals surface area contributed by atoms with E-state index >= 15 is 0 Å². The molecule has 1 aliphatic rings. The van der Waals surface area contributed by atoms with Gasteiger partial charge in [0.1, 0.15) is 0 Å². The minimum absolute atomic E-state index is 0.396. The molecule has 1 aliphatic carbocycles. The Morgan fingerprint density at radius 3 is 2.37 bits per heavy atom. The van der Waals surface area contributed by atoms with E-state index in [1.54, 1.807) is 0 Å². The van der Waals surface area contributed by atoms with Gasteiger partial charge in [0.15, 0.2) is 0 Å². The Bertz CT molecular complexity index is 401. The van der Waals surface area contributed by atoms with E-state index in [1.807, 2.05) is 0 Å². The fourth-order valence-electron chi connectivity index (χ4n) is 2.09. The van der Waals surface area contributed by atoms with Crippen LogP contribution in [0, 0.1) is 5.92 Å². The standard InChI is InChI=1S/C12H23N7/c1-3-19(4-2)12-16-10(15-11(17-12)18-13)14-8-9-6-5-7-9/h9H,3-8,13H2,1-2H3,(H2,14,15,16,17,18). The maximum Gasteiger partial charge on any atom is 0.243 e. The lowest BCUT2D eigenvalue weighted by molar-refractivity contribution is 0.333. The summed E-state index contributed by atoms with van der Waals surface area (Å²) in [5, 5.41) is 3.28. The quantitative estimate of drug-likeness (QED) is 0.504. The molecular weight excluding hydrogens is 242 g/mol. The predicted octanol–water partition coefficient (Wildman–Crippen LogP) is 1.22. The van der Waals surface area contributed by atoms with Gasteiger partial charge in [-0.25, -0.2) is 5.84 Å². The van der Waals surface area contributed by atoms with Gasteiger partial charge in [0.2, 0.25) is 17.8 Å². The first-order chi connectivity index (χ1) is 9.26. The second-order valence-electron chi connectivity index (χ2n) is 4.78. The van der Waals surface area contributed by atoms with Crippen molar-refractivity contribution in [3.63, 3.8) is 0 Å². The van der Waals surface area contributed by atoms with Gasteiger partial charge in [0.25, 0.3) is 0 Å². The first-order valence-corrected chi connectivity index (χ1v) is 6.98. The molecule has 19 heavy (non-hydrogen) atoms. The number of hydrogen-bond acceptors (Lipinski definition) is 7. The number of anilines is 3. The van der Waals surface area contributed by atoms with Crippen LogP contribution in [0.1, 0.15) is 33.1 Å². The molecule has 0 saturated heterocycles. The van der Waals surface area contributed by atoms with Crippen molar-refractivity contribution in [3.05, 3.63) is 0 Å². The summed E-state index contributed by atoms with van der Waals surface area (Å²) >= 11 is 0. The van der Waals surface area contributed by atoms with Gasteiger partial charge in [0, 0.05) is 19.6 Å². The Hall–Kier alpha value is -1.63. The molecule has 0 amide bonds. The molecule has 0 aliphatic heterocycles. The Labute approximate surface area is 114 Å². The molecule has 1 heterocycles. The molecule has 1 fully saturated rings. The Morgan fingerprint density at radius 2 is 1.84 bits per heavy atom. The average Bonchev–Trinajstić information content (AvgIpc) is 2.38. The van der Waals surface area contributed by atoms with Gasteiger partial charge in [-0.1, -0.05) is 6.42 Å². The van der Waals surface area contributed by atoms with Crippen LogP contribution < -0.4 is 21.5 Å². The summed E-state index contributed by atoms with van der Waals surface area (Å²) in [6, 6.07) is 0. The minimum atomic E-state index is 0.396. The smallest absolute Gasteiger partial charge is 0.243 e. The molecule has 7 nitrogen and oxygen atoms in total. The SMILES string of the molecule is CCN(CC)c1nc(NN)nc(NCC2CCC2)n1. The summed E-state index contributed by atoms with van der Waals surface area (Å²) in [7, 11) is 0. The number of rotatable bonds is 7. The van der Waals surface area contributed by atoms with Gasteiger partial charge in [-0.05, 0) is 32.6 Å². The average molecular weight is 265 g/mol. The van der Waals surface area contributed by atoms with Gasteiger partial charge in [-0.3, -0.25) is 5.43 Å². The summed E-state index contributed by atoms with van der Waals surface area (Å²) in [6.45, 7) is 6.78. The van der Waals surface area contributed by atoms with E-state index in [1.165, 1.54) is 19.3 Å². The number of nitrogens with one attached hydrogen (secondary N) is 2. The molecule has 0 unspecified atom stereocenters. The highest BCUT2D eigenvalue weighted by molar-refractivity contribution is 5.43. The van der Waals surface area contributed by atoms with Crippen LogP contribution in [0.4, 0.5) is 17.8 Å². The van der Waals surface area contributed by atoms with Crippen LogP contribution in [-0.2, 0) is 0 Å². The highest BCUT2D eigenvalue weighted by Crippen LogP contribution is 2.26. The van der Waals surface area contributed by atoms with Crippen LogP contribution in [0.15, 0.2) is 0 Å².